The maximum atomic E-state index is 12.1. The number of carbonyl (C=O) groups excluding carboxylic acids is 1. The van der Waals surface area contributed by atoms with E-state index in [0.717, 1.165) is 0 Å². The number of benzene rings is 2. The van der Waals surface area contributed by atoms with Crippen molar-refractivity contribution in [3.05, 3.63) is 64.7 Å². The molecule has 0 fully saturated rings. The van der Waals surface area contributed by atoms with Crippen LogP contribution in [0.15, 0.2) is 48.5 Å². The van der Waals surface area contributed by atoms with Crippen LogP contribution in [0.25, 0.3) is 0 Å². The molecule has 0 aliphatic carbocycles. The molecule has 1 amide bonds. The summed E-state index contributed by atoms with van der Waals surface area (Å²) in [6, 6.07) is 15.4. The fraction of sp³-hybridized carbons (Fsp3) is 0.222. The molecule has 2 aromatic carbocycles. The van der Waals surface area contributed by atoms with Crippen molar-refractivity contribution in [3.63, 3.8) is 0 Å². The molecule has 2 unspecified atom stereocenters. The summed E-state index contributed by atoms with van der Waals surface area (Å²) in [6.07, 6.45) is -1.64. The molecule has 0 aliphatic rings. The number of amides is 1. The van der Waals surface area contributed by atoms with Crippen molar-refractivity contribution < 1.29 is 14.6 Å². The molecule has 6 heteroatoms. The lowest BCUT2D eigenvalue weighted by Gasteiger charge is -2.17. The smallest absolute Gasteiger partial charge is 0.260 e. The molecule has 2 N–H and O–H groups in total. The number of hydrogen-bond donors (Lipinski definition) is 2. The number of aliphatic hydroxyl groups excluding tert-OH is 1. The van der Waals surface area contributed by atoms with Crippen molar-refractivity contribution in [2.45, 2.75) is 19.1 Å². The molecule has 0 saturated carbocycles. The molecule has 0 aromatic heterocycles. The standard InChI is InChI=1S/C18H17ClN2O3/c1-12(24-17-5-3-2-4-14(17)10-20)18(23)21-11-16(22)13-6-8-15(19)9-7-13/h2-9,12,16,22H,11H2,1H3,(H,21,23). The average Bonchev–Trinajstić information content (AvgIpc) is 2.60. The van der Waals surface area contributed by atoms with Crippen LogP contribution in [-0.2, 0) is 4.79 Å². The Labute approximate surface area is 145 Å². The number of para-hydroxylation sites is 1. The van der Waals surface area contributed by atoms with Gasteiger partial charge in [-0.25, -0.2) is 0 Å². The minimum Gasteiger partial charge on any atom is -0.480 e. The van der Waals surface area contributed by atoms with E-state index in [1.165, 1.54) is 0 Å². The molecule has 0 aliphatic heterocycles. The second kappa shape index (κ2) is 8.34. The van der Waals surface area contributed by atoms with Gasteiger partial charge >= 0.3 is 0 Å². The van der Waals surface area contributed by atoms with Crippen LogP contribution in [0.4, 0.5) is 0 Å². The Kier molecular flexibility index (Phi) is 6.19. The van der Waals surface area contributed by atoms with Crippen molar-refractivity contribution in [2.24, 2.45) is 0 Å². The molecule has 0 bridgehead atoms. The van der Waals surface area contributed by atoms with Gasteiger partial charge in [-0.15, -0.1) is 0 Å². The normalized spacial score (nSPS) is 12.8. The van der Waals surface area contributed by atoms with Crippen LogP contribution in [0.3, 0.4) is 0 Å². The monoisotopic (exact) mass is 344 g/mol. The Hall–Kier alpha value is -2.55. The minimum atomic E-state index is -0.843. The Morgan fingerprint density at radius 2 is 1.96 bits per heavy atom. The lowest BCUT2D eigenvalue weighted by atomic mass is 10.1. The molecule has 5 nitrogen and oxygen atoms in total. The zero-order valence-corrected chi connectivity index (χ0v) is 13.8. The number of nitrogens with zero attached hydrogens (tertiary/aromatic N) is 1. The molecule has 124 valence electrons. The number of nitriles is 1. The van der Waals surface area contributed by atoms with E-state index in [0.29, 0.717) is 21.9 Å². The van der Waals surface area contributed by atoms with Gasteiger partial charge in [-0.1, -0.05) is 35.9 Å². The maximum absolute atomic E-state index is 12.1. The van der Waals surface area contributed by atoms with Crippen LogP contribution in [-0.4, -0.2) is 23.7 Å². The molecule has 2 rings (SSSR count). The molecule has 0 heterocycles. The molecule has 24 heavy (non-hydrogen) atoms. The molecule has 2 atom stereocenters. The Morgan fingerprint density at radius 3 is 2.62 bits per heavy atom. The third-order valence-electron chi connectivity index (χ3n) is 3.40. The number of nitrogens with one attached hydrogen (secondary N) is 1. The van der Waals surface area contributed by atoms with Crippen LogP contribution >= 0.6 is 11.6 Å². The van der Waals surface area contributed by atoms with Crippen molar-refractivity contribution in [3.8, 4) is 11.8 Å². The van der Waals surface area contributed by atoms with Gasteiger partial charge in [0.05, 0.1) is 11.7 Å². The van der Waals surface area contributed by atoms with Crippen LogP contribution in [0.5, 0.6) is 5.75 Å². The van der Waals surface area contributed by atoms with Gasteiger partial charge < -0.3 is 15.2 Å². The molecule has 0 spiro atoms. The predicted molar refractivity (Wildman–Crippen MR) is 90.7 cm³/mol. The highest BCUT2D eigenvalue weighted by Crippen LogP contribution is 2.18. The Morgan fingerprint density at radius 1 is 1.29 bits per heavy atom. The summed E-state index contributed by atoms with van der Waals surface area (Å²) in [4.78, 5) is 12.1. The van der Waals surface area contributed by atoms with Crippen molar-refractivity contribution in [2.75, 3.05) is 6.54 Å². The summed E-state index contributed by atoms with van der Waals surface area (Å²) < 4.78 is 5.52. The SMILES string of the molecule is CC(Oc1ccccc1C#N)C(=O)NCC(O)c1ccc(Cl)cc1. The maximum Gasteiger partial charge on any atom is 0.260 e. The van der Waals surface area contributed by atoms with E-state index in [4.69, 9.17) is 21.6 Å². The van der Waals surface area contributed by atoms with E-state index in [9.17, 15) is 9.90 Å². The van der Waals surface area contributed by atoms with Gasteiger partial charge in [0, 0.05) is 11.6 Å². The molecular formula is C18H17ClN2O3. The Bertz CT molecular complexity index is 741. The summed E-state index contributed by atoms with van der Waals surface area (Å²) >= 11 is 5.80. The lowest BCUT2D eigenvalue weighted by Crippen LogP contribution is -2.38. The number of carbonyl (C=O) groups is 1. The largest absolute Gasteiger partial charge is 0.480 e. The highest BCUT2D eigenvalue weighted by atomic mass is 35.5. The van der Waals surface area contributed by atoms with Gasteiger partial charge in [-0.3, -0.25) is 4.79 Å². The van der Waals surface area contributed by atoms with Crippen LogP contribution in [0, 0.1) is 11.3 Å². The summed E-state index contributed by atoms with van der Waals surface area (Å²) in [6.45, 7) is 1.63. The number of ether oxygens (including phenoxy) is 1. The average molecular weight is 345 g/mol. The van der Waals surface area contributed by atoms with Gasteiger partial charge in [0.2, 0.25) is 0 Å². The molecule has 0 radical (unpaired) electrons. The fourth-order valence-corrected chi connectivity index (χ4v) is 2.18. The quantitative estimate of drug-likeness (QED) is 0.844. The van der Waals surface area contributed by atoms with Crippen molar-refractivity contribution in [1.82, 2.24) is 5.32 Å². The van der Waals surface area contributed by atoms with E-state index >= 15 is 0 Å². The number of halogens is 1. The summed E-state index contributed by atoms with van der Waals surface area (Å²) in [5.74, 6) is -0.0309. The first kappa shape index (κ1) is 17.8. The second-order valence-corrected chi connectivity index (χ2v) is 5.62. The fourth-order valence-electron chi connectivity index (χ4n) is 2.05. The zero-order valence-electron chi connectivity index (χ0n) is 13.1. The van der Waals surface area contributed by atoms with Gasteiger partial charge in [-0.2, -0.15) is 5.26 Å². The summed E-state index contributed by atoms with van der Waals surface area (Å²) in [7, 11) is 0. The van der Waals surface area contributed by atoms with Crippen LogP contribution in [0.1, 0.15) is 24.2 Å². The number of aliphatic hydroxyl groups is 1. The van der Waals surface area contributed by atoms with E-state index < -0.39 is 12.2 Å². The van der Waals surface area contributed by atoms with Crippen molar-refractivity contribution >= 4 is 17.5 Å². The number of hydrogen-bond acceptors (Lipinski definition) is 4. The topological polar surface area (TPSA) is 82.3 Å². The zero-order chi connectivity index (χ0) is 17.5. The molecule has 2 aromatic rings. The van der Waals surface area contributed by atoms with E-state index in [1.807, 2.05) is 6.07 Å². The minimum absolute atomic E-state index is 0.0497. The second-order valence-electron chi connectivity index (χ2n) is 5.18. The molecule has 0 saturated heterocycles. The highest BCUT2D eigenvalue weighted by Gasteiger charge is 2.17. The van der Waals surface area contributed by atoms with E-state index in [2.05, 4.69) is 5.32 Å². The van der Waals surface area contributed by atoms with Crippen molar-refractivity contribution in [1.29, 1.82) is 5.26 Å². The van der Waals surface area contributed by atoms with Gasteiger partial charge in [0.15, 0.2) is 6.10 Å². The van der Waals surface area contributed by atoms with Crippen LogP contribution in [0.2, 0.25) is 5.02 Å². The van der Waals surface area contributed by atoms with Gasteiger partial charge in [0.1, 0.15) is 11.8 Å². The first-order chi connectivity index (χ1) is 11.5. The predicted octanol–water partition coefficient (Wildman–Crippen LogP) is 2.83. The van der Waals surface area contributed by atoms with E-state index in [-0.39, 0.29) is 12.5 Å². The lowest BCUT2D eigenvalue weighted by molar-refractivity contribution is -0.127. The first-order valence-corrected chi connectivity index (χ1v) is 7.76. The van der Waals surface area contributed by atoms with Crippen LogP contribution < -0.4 is 10.1 Å². The number of rotatable bonds is 6. The molecular weight excluding hydrogens is 328 g/mol. The van der Waals surface area contributed by atoms with Gasteiger partial charge in [-0.05, 0) is 36.8 Å². The highest BCUT2D eigenvalue weighted by molar-refractivity contribution is 6.30. The summed E-state index contributed by atoms with van der Waals surface area (Å²) in [5.41, 5.74) is 1.02. The third kappa shape index (κ3) is 4.72. The van der Waals surface area contributed by atoms with E-state index in [1.54, 1.807) is 55.5 Å². The van der Waals surface area contributed by atoms with Gasteiger partial charge in [0.25, 0.3) is 5.91 Å². The first-order valence-electron chi connectivity index (χ1n) is 7.38. The third-order valence-corrected chi connectivity index (χ3v) is 3.66. The summed E-state index contributed by atoms with van der Waals surface area (Å²) in [5, 5.41) is 22.3. The Balaban J connectivity index is 1.90.